The highest BCUT2D eigenvalue weighted by molar-refractivity contribution is 7.19. The molecule has 1 aliphatic carbocycles. The fourth-order valence-corrected chi connectivity index (χ4v) is 5.99. The number of pyridine rings is 1. The normalized spacial score (nSPS) is 21.4. The number of nitrogens with one attached hydrogen (secondary N) is 1. The Hall–Kier alpha value is -3.64. The molecule has 4 rings (SSSR count). The zero-order chi connectivity index (χ0) is 26.9. The van der Waals surface area contributed by atoms with Gasteiger partial charge in [0.2, 0.25) is 0 Å². The van der Waals surface area contributed by atoms with Crippen LogP contribution in [0.2, 0.25) is 0 Å². The van der Waals surface area contributed by atoms with E-state index in [-0.39, 0.29) is 45.2 Å². The first kappa shape index (κ1) is 26.4. The molecule has 0 bridgehead atoms. The Bertz CT molecular complexity index is 1290. The van der Waals surface area contributed by atoms with Gasteiger partial charge in [-0.3, -0.25) is 9.78 Å². The molecule has 0 aliphatic heterocycles. The molecular weight excluding hydrogens is 502 g/mol. The largest absolute Gasteiger partial charge is 0.453 e. The Balaban J connectivity index is 1.56. The van der Waals surface area contributed by atoms with Crippen LogP contribution in [0.25, 0.3) is 10.6 Å². The van der Waals surface area contributed by atoms with Crippen molar-refractivity contribution in [2.75, 3.05) is 25.2 Å². The Morgan fingerprint density at radius 2 is 1.92 bits per heavy atom. The molecule has 2 amide bonds. The van der Waals surface area contributed by atoms with Gasteiger partial charge in [0.15, 0.2) is 5.69 Å². The molecule has 0 radical (unpaired) electrons. The molecule has 1 fully saturated rings. The van der Waals surface area contributed by atoms with Gasteiger partial charge >= 0.3 is 6.09 Å². The summed E-state index contributed by atoms with van der Waals surface area (Å²) >= 11 is 0.826. The predicted octanol–water partition coefficient (Wildman–Crippen LogP) is 4.23. The molecule has 0 saturated heterocycles. The fraction of sp³-hybridized carbons (Fsp3) is 0.360. The van der Waals surface area contributed by atoms with E-state index in [1.165, 1.54) is 24.3 Å². The summed E-state index contributed by atoms with van der Waals surface area (Å²) < 4.78 is 33.3. The topological polar surface area (TPSA) is 136 Å². The van der Waals surface area contributed by atoms with Crippen LogP contribution in [0, 0.1) is 17.6 Å². The van der Waals surface area contributed by atoms with Crippen molar-refractivity contribution >= 4 is 34.0 Å². The molecule has 37 heavy (non-hydrogen) atoms. The molecule has 1 saturated carbocycles. The summed E-state index contributed by atoms with van der Waals surface area (Å²) in [6, 6.07) is 4.77. The van der Waals surface area contributed by atoms with E-state index < -0.39 is 23.6 Å². The molecular formula is C25H28F2N6O3S. The maximum Gasteiger partial charge on any atom is 0.409 e. The highest BCUT2D eigenvalue weighted by Crippen LogP contribution is 2.40. The van der Waals surface area contributed by atoms with Gasteiger partial charge in [-0.2, -0.15) is 0 Å². The van der Waals surface area contributed by atoms with Crippen LogP contribution >= 0.6 is 11.3 Å². The number of nitrogens with two attached hydrogens (primary N) is 2. The number of rotatable bonds is 5. The maximum atomic E-state index is 14.2. The Kier molecular flexibility index (Phi) is 7.69. The van der Waals surface area contributed by atoms with Gasteiger partial charge in [0, 0.05) is 19.3 Å². The standard InChI is InChI=1S/C25H28F2N6O3S/c1-12-9-13(10-17(28)21(12)33(2)25(35)36-3)14-7-8-30-11-18(14)31-23(34)20-22(29)37-24(32-20)19-15(26)5-4-6-16(19)27/h4-8,11-13,17,21H,9-10,28-29H2,1-3H3,(H,31,34)/t12-,13+,17+,21-/m0/s1. The van der Waals surface area contributed by atoms with Crippen molar-refractivity contribution in [3.63, 3.8) is 0 Å². The first-order valence-electron chi connectivity index (χ1n) is 11.6. The fourth-order valence-electron chi connectivity index (χ4n) is 5.11. The number of hydrogen-bond acceptors (Lipinski definition) is 8. The van der Waals surface area contributed by atoms with Crippen molar-refractivity contribution in [1.82, 2.24) is 14.9 Å². The maximum absolute atomic E-state index is 14.2. The van der Waals surface area contributed by atoms with Crippen molar-refractivity contribution in [3.05, 3.63) is 59.6 Å². The zero-order valence-electron chi connectivity index (χ0n) is 20.6. The second-order valence-electron chi connectivity index (χ2n) is 9.13. The number of nitrogen functional groups attached to an aromatic ring is 1. The summed E-state index contributed by atoms with van der Waals surface area (Å²) in [5, 5.41) is 2.80. The van der Waals surface area contributed by atoms with E-state index in [0.29, 0.717) is 18.5 Å². The summed E-state index contributed by atoms with van der Waals surface area (Å²) in [4.78, 5) is 35.0. The molecule has 5 N–H and O–H groups in total. The second kappa shape index (κ2) is 10.8. The number of aromatic nitrogens is 2. The van der Waals surface area contributed by atoms with Crippen LogP contribution in [0.5, 0.6) is 0 Å². The average molecular weight is 531 g/mol. The van der Waals surface area contributed by atoms with Gasteiger partial charge in [-0.15, -0.1) is 0 Å². The van der Waals surface area contributed by atoms with E-state index in [0.717, 1.165) is 29.0 Å². The van der Waals surface area contributed by atoms with Gasteiger partial charge in [-0.1, -0.05) is 24.3 Å². The quantitative estimate of drug-likeness (QED) is 0.449. The number of hydrogen-bond donors (Lipinski definition) is 3. The Morgan fingerprint density at radius 3 is 2.57 bits per heavy atom. The molecule has 1 aliphatic rings. The molecule has 0 spiro atoms. The Morgan fingerprint density at radius 1 is 1.22 bits per heavy atom. The van der Waals surface area contributed by atoms with Gasteiger partial charge in [0.25, 0.3) is 5.91 Å². The number of thiazole rings is 1. The first-order valence-corrected chi connectivity index (χ1v) is 12.5. The first-order chi connectivity index (χ1) is 17.6. The molecule has 1 aromatic carbocycles. The molecule has 2 heterocycles. The Labute approximate surface area is 216 Å². The van der Waals surface area contributed by atoms with Crippen molar-refractivity contribution in [1.29, 1.82) is 0 Å². The smallest absolute Gasteiger partial charge is 0.409 e. The number of anilines is 2. The number of nitrogens with zero attached hydrogens (tertiary/aromatic N) is 3. The minimum atomic E-state index is -0.797. The molecule has 196 valence electrons. The van der Waals surface area contributed by atoms with E-state index in [9.17, 15) is 18.4 Å². The molecule has 9 nitrogen and oxygen atoms in total. The minimum Gasteiger partial charge on any atom is -0.453 e. The number of carbonyl (C=O) groups is 2. The van der Waals surface area contributed by atoms with Gasteiger partial charge in [-0.05, 0) is 48.4 Å². The van der Waals surface area contributed by atoms with Gasteiger partial charge in [0.05, 0.1) is 30.6 Å². The average Bonchev–Trinajstić information content (AvgIpc) is 3.24. The number of halogens is 2. The van der Waals surface area contributed by atoms with Crippen LogP contribution in [0.3, 0.4) is 0 Å². The van der Waals surface area contributed by atoms with Crippen LogP contribution in [0.1, 0.15) is 41.7 Å². The molecule has 2 aromatic heterocycles. The van der Waals surface area contributed by atoms with Crippen LogP contribution in [-0.4, -0.2) is 53.1 Å². The van der Waals surface area contributed by atoms with Gasteiger partial charge in [-0.25, -0.2) is 18.6 Å². The molecule has 0 unspecified atom stereocenters. The van der Waals surface area contributed by atoms with Crippen LogP contribution in [0.15, 0.2) is 36.7 Å². The lowest BCUT2D eigenvalue weighted by Crippen LogP contribution is -2.55. The molecule has 4 atom stereocenters. The summed E-state index contributed by atoms with van der Waals surface area (Å²) in [6.45, 7) is 2.02. The van der Waals surface area contributed by atoms with Crippen LogP contribution in [-0.2, 0) is 4.74 Å². The lowest BCUT2D eigenvalue weighted by atomic mass is 9.73. The van der Waals surface area contributed by atoms with Crippen molar-refractivity contribution < 1.29 is 23.1 Å². The SMILES string of the molecule is COC(=O)N(C)[C@@H]1[C@H](N)C[C@H](c2ccncc2NC(=O)c2nc(-c3c(F)cccc3F)sc2N)C[C@@H]1C. The number of likely N-dealkylation sites (N-methyl/N-ethyl adjacent to an activating group) is 1. The highest BCUT2D eigenvalue weighted by atomic mass is 32.1. The molecule has 3 aromatic rings. The zero-order valence-corrected chi connectivity index (χ0v) is 21.4. The van der Waals surface area contributed by atoms with E-state index in [4.69, 9.17) is 16.2 Å². The lowest BCUT2D eigenvalue weighted by molar-refractivity contribution is 0.0778. The number of amides is 2. The summed E-state index contributed by atoms with van der Waals surface area (Å²) in [5.74, 6) is -2.17. The summed E-state index contributed by atoms with van der Waals surface area (Å²) in [6.07, 6.45) is 3.99. The van der Waals surface area contributed by atoms with Gasteiger partial charge in [0.1, 0.15) is 21.6 Å². The number of carbonyl (C=O) groups excluding carboxylic acids is 2. The summed E-state index contributed by atoms with van der Waals surface area (Å²) in [7, 11) is 3.00. The van der Waals surface area contributed by atoms with E-state index >= 15 is 0 Å². The van der Waals surface area contributed by atoms with Crippen molar-refractivity contribution in [2.45, 2.75) is 37.8 Å². The van der Waals surface area contributed by atoms with E-state index in [1.54, 1.807) is 13.2 Å². The minimum absolute atomic E-state index is 0.0125. The third-order valence-corrected chi connectivity index (χ3v) is 7.63. The number of benzene rings is 1. The third-order valence-electron chi connectivity index (χ3n) is 6.73. The van der Waals surface area contributed by atoms with E-state index in [1.807, 2.05) is 13.0 Å². The highest BCUT2D eigenvalue weighted by Gasteiger charge is 2.39. The number of methoxy groups -OCH3 is 1. The van der Waals surface area contributed by atoms with Crippen LogP contribution < -0.4 is 16.8 Å². The predicted molar refractivity (Wildman–Crippen MR) is 137 cm³/mol. The number of ether oxygens (including phenoxy) is 1. The van der Waals surface area contributed by atoms with Crippen molar-refractivity contribution in [2.24, 2.45) is 11.7 Å². The van der Waals surface area contributed by atoms with Gasteiger partial charge < -0.3 is 26.4 Å². The second-order valence-corrected chi connectivity index (χ2v) is 10.2. The monoisotopic (exact) mass is 530 g/mol. The lowest BCUT2D eigenvalue weighted by Gasteiger charge is -2.43. The molecule has 12 heteroatoms. The van der Waals surface area contributed by atoms with Crippen molar-refractivity contribution in [3.8, 4) is 10.6 Å². The van der Waals surface area contributed by atoms with E-state index in [2.05, 4.69) is 15.3 Å². The van der Waals surface area contributed by atoms with Crippen LogP contribution in [0.4, 0.5) is 24.3 Å². The third kappa shape index (κ3) is 5.25. The summed E-state index contributed by atoms with van der Waals surface area (Å²) in [5.41, 5.74) is 13.3.